The van der Waals surface area contributed by atoms with Crippen LogP contribution in [-0.4, -0.2) is 38.0 Å². The van der Waals surface area contributed by atoms with Crippen LogP contribution in [0.5, 0.6) is 0 Å². The lowest BCUT2D eigenvalue weighted by molar-refractivity contribution is -0.120. The molecule has 0 radical (unpaired) electrons. The molecule has 0 spiro atoms. The molecule has 1 unspecified atom stereocenters. The number of carbonyl (C=O) groups is 1. The molecule has 1 rings (SSSR count). The van der Waals surface area contributed by atoms with Crippen molar-refractivity contribution in [3.63, 3.8) is 0 Å². The highest BCUT2D eigenvalue weighted by molar-refractivity contribution is 5.81. The molecule has 0 fully saturated rings. The Morgan fingerprint density at radius 2 is 2.06 bits per heavy atom. The second kappa shape index (κ2) is 7.13. The zero-order valence-corrected chi connectivity index (χ0v) is 11.4. The summed E-state index contributed by atoms with van der Waals surface area (Å²) in [5.74, 6) is -0.324. The molecule has 18 heavy (non-hydrogen) atoms. The zero-order chi connectivity index (χ0) is 13.5. The molecule has 1 aromatic carbocycles. The van der Waals surface area contributed by atoms with Crippen molar-refractivity contribution in [2.24, 2.45) is 5.73 Å². The predicted molar refractivity (Wildman–Crippen MR) is 74.3 cm³/mol. The highest BCUT2D eigenvalue weighted by Crippen LogP contribution is 2.18. The van der Waals surface area contributed by atoms with Crippen molar-refractivity contribution in [1.82, 2.24) is 10.2 Å². The quantitative estimate of drug-likeness (QED) is 0.755. The molecule has 0 bridgehead atoms. The molecule has 1 atom stereocenters. The van der Waals surface area contributed by atoms with E-state index in [0.717, 1.165) is 25.1 Å². The first kappa shape index (κ1) is 14.7. The standard InChI is InChI=1S/C14H23N3O/c1-4-11-7-5-6-8-12(11)13(14(15)18)16-9-10-17(2)3/h5-8,13,16H,4,9-10H2,1-3H3,(H2,15,18). The summed E-state index contributed by atoms with van der Waals surface area (Å²) in [6, 6.07) is 7.54. The molecule has 0 aliphatic carbocycles. The minimum absolute atomic E-state index is 0.324. The molecule has 0 saturated carbocycles. The average molecular weight is 249 g/mol. The van der Waals surface area contributed by atoms with Gasteiger partial charge in [0, 0.05) is 13.1 Å². The van der Waals surface area contributed by atoms with Crippen LogP contribution in [0.15, 0.2) is 24.3 Å². The first-order chi connectivity index (χ1) is 8.56. The van der Waals surface area contributed by atoms with Gasteiger partial charge in [-0.1, -0.05) is 31.2 Å². The van der Waals surface area contributed by atoms with Gasteiger partial charge in [-0.3, -0.25) is 4.79 Å². The number of hydrogen-bond donors (Lipinski definition) is 2. The molecule has 100 valence electrons. The normalized spacial score (nSPS) is 12.7. The topological polar surface area (TPSA) is 58.4 Å². The van der Waals surface area contributed by atoms with E-state index < -0.39 is 6.04 Å². The maximum atomic E-state index is 11.6. The van der Waals surface area contributed by atoms with Gasteiger partial charge >= 0.3 is 0 Å². The van der Waals surface area contributed by atoms with Crippen molar-refractivity contribution in [3.8, 4) is 0 Å². The number of aryl methyl sites for hydroxylation is 1. The minimum Gasteiger partial charge on any atom is -0.368 e. The Kier molecular flexibility index (Phi) is 5.82. The smallest absolute Gasteiger partial charge is 0.239 e. The highest BCUT2D eigenvalue weighted by atomic mass is 16.1. The number of carbonyl (C=O) groups excluding carboxylic acids is 1. The third-order valence-electron chi connectivity index (χ3n) is 2.94. The van der Waals surface area contributed by atoms with Crippen LogP contribution in [0.3, 0.4) is 0 Å². The van der Waals surface area contributed by atoms with Crippen LogP contribution in [0.4, 0.5) is 0 Å². The van der Waals surface area contributed by atoms with E-state index in [9.17, 15) is 4.79 Å². The van der Waals surface area contributed by atoms with Crippen LogP contribution in [0.1, 0.15) is 24.1 Å². The summed E-state index contributed by atoms with van der Waals surface area (Å²) in [5.41, 5.74) is 7.65. The Hall–Kier alpha value is -1.39. The molecule has 3 N–H and O–H groups in total. The van der Waals surface area contributed by atoms with Crippen LogP contribution in [0.2, 0.25) is 0 Å². The molecule has 1 aromatic rings. The summed E-state index contributed by atoms with van der Waals surface area (Å²) >= 11 is 0. The van der Waals surface area contributed by atoms with Crippen LogP contribution < -0.4 is 11.1 Å². The third kappa shape index (κ3) is 4.13. The number of amides is 1. The second-order valence-electron chi connectivity index (χ2n) is 4.65. The van der Waals surface area contributed by atoms with Crippen molar-refractivity contribution in [2.45, 2.75) is 19.4 Å². The van der Waals surface area contributed by atoms with Crippen molar-refractivity contribution in [1.29, 1.82) is 0 Å². The molecule has 4 heteroatoms. The minimum atomic E-state index is -0.402. The lowest BCUT2D eigenvalue weighted by atomic mass is 9.98. The first-order valence-electron chi connectivity index (χ1n) is 6.31. The van der Waals surface area contributed by atoms with E-state index in [4.69, 9.17) is 5.73 Å². The fourth-order valence-electron chi connectivity index (χ4n) is 1.93. The van der Waals surface area contributed by atoms with E-state index in [-0.39, 0.29) is 5.91 Å². The van der Waals surface area contributed by atoms with Crippen LogP contribution in [-0.2, 0) is 11.2 Å². The first-order valence-corrected chi connectivity index (χ1v) is 6.31. The Balaban J connectivity index is 2.81. The Bertz CT molecular complexity index is 390. The van der Waals surface area contributed by atoms with Gasteiger partial charge in [-0.05, 0) is 31.6 Å². The molecule has 0 heterocycles. The van der Waals surface area contributed by atoms with Crippen molar-refractivity contribution >= 4 is 5.91 Å². The maximum absolute atomic E-state index is 11.6. The largest absolute Gasteiger partial charge is 0.368 e. The number of nitrogens with one attached hydrogen (secondary N) is 1. The lowest BCUT2D eigenvalue weighted by Crippen LogP contribution is -2.37. The molecule has 4 nitrogen and oxygen atoms in total. The summed E-state index contributed by atoms with van der Waals surface area (Å²) in [7, 11) is 4.00. The molecular formula is C14H23N3O. The van der Waals surface area contributed by atoms with E-state index >= 15 is 0 Å². The number of likely N-dealkylation sites (N-methyl/N-ethyl adjacent to an activating group) is 1. The van der Waals surface area contributed by atoms with E-state index in [2.05, 4.69) is 17.1 Å². The third-order valence-corrected chi connectivity index (χ3v) is 2.94. The fourth-order valence-corrected chi connectivity index (χ4v) is 1.93. The van der Waals surface area contributed by atoms with Gasteiger partial charge in [0.05, 0.1) is 0 Å². The van der Waals surface area contributed by atoms with Gasteiger partial charge in [-0.15, -0.1) is 0 Å². The number of nitrogens with zero attached hydrogens (tertiary/aromatic N) is 1. The molecule has 0 aliphatic heterocycles. The van der Waals surface area contributed by atoms with Gasteiger partial charge in [0.2, 0.25) is 5.91 Å². The lowest BCUT2D eigenvalue weighted by Gasteiger charge is -2.20. The maximum Gasteiger partial charge on any atom is 0.239 e. The molecular weight excluding hydrogens is 226 g/mol. The molecule has 1 amide bonds. The fraction of sp³-hybridized carbons (Fsp3) is 0.500. The monoisotopic (exact) mass is 249 g/mol. The van der Waals surface area contributed by atoms with E-state index in [1.165, 1.54) is 5.56 Å². The van der Waals surface area contributed by atoms with E-state index in [1.54, 1.807) is 0 Å². The van der Waals surface area contributed by atoms with Crippen LogP contribution in [0, 0.1) is 0 Å². The SMILES string of the molecule is CCc1ccccc1C(NCCN(C)C)C(N)=O. The number of hydrogen-bond acceptors (Lipinski definition) is 3. The number of rotatable bonds is 7. The van der Waals surface area contributed by atoms with Gasteiger partial charge < -0.3 is 16.0 Å². The van der Waals surface area contributed by atoms with Gasteiger partial charge in [0.1, 0.15) is 6.04 Å². The number of nitrogens with two attached hydrogens (primary N) is 1. The van der Waals surface area contributed by atoms with Gasteiger partial charge in [0.15, 0.2) is 0 Å². The Labute approximate surface area is 109 Å². The van der Waals surface area contributed by atoms with Crippen LogP contribution in [0.25, 0.3) is 0 Å². The number of benzene rings is 1. The number of primary amides is 1. The summed E-state index contributed by atoms with van der Waals surface area (Å²) in [6.07, 6.45) is 0.898. The summed E-state index contributed by atoms with van der Waals surface area (Å²) in [4.78, 5) is 13.7. The average Bonchev–Trinajstić information content (AvgIpc) is 2.34. The Morgan fingerprint density at radius 3 is 2.61 bits per heavy atom. The van der Waals surface area contributed by atoms with Crippen molar-refractivity contribution < 1.29 is 4.79 Å². The second-order valence-corrected chi connectivity index (χ2v) is 4.65. The van der Waals surface area contributed by atoms with E-state index in [0.29, 0.717) is 0 Å². The van der Waals surface area contributed by atoms with Gasteiger partial charge in [-0.2, -0.15) is 0 Å². The van der Waals surface area contributed by atoms with Crippen molar-refractivity contribution in [2.75, 3.05) is 27.2 Å². The molecule has 0 aromatic heterocycles. The predicted octanol–water partition coefficient (Wildman–Crippen LogP) is 0.927. The van der Waals surface area contributed by atoms with Crippen molar-refractivity contribution in [3.05, 3.63) is 35.4 Å². The summed E-state index contributed by atoms with van der Waals surface area (Å²) < 4.78 is 0. The summed E-state index contributed by atoms with van der Waals surface area (Å²) in [5, 5.41) is 3.23. The van der Waals surface area contributed by atoms with Crippen LogP contribution >= 0.6 is 0 Å². The Morgan fingerprint density at radius 1 is 1.39 bits per heavy atom. The zero-order valence-electron chi connectivity index (χ0n) is 11.4. The molecule has 0 saturated heterocycles. The van der Waals surface area contributed by atoms with E-state index in [1.807, 2.05) is 38.4 Å². The highest BCUT2D eigenvalue weighted by Gasteiger charge is 2.19. The summed E-state index contributed by atoms with van der Waals surface area (Å²) in [6.45, 7) is 3.69. The molecule has 0 aliphatic rings. The van der Waals surface area contributed by atoms with Gasteiger partial charge in [0.25, 0.3) is 0 Å². The van der Waals surface area contributed by atoms with Gasteiger partial charge in [-0.25, -0.2) is 0 Å².